The van der Waals surface area contributed by atoms with Crippen LogP contribution in [0, 0.1) is 5.41 Å². The number of rotatable bonds is 13. The Hall–Kier alpha value is -1.79. The molecule has 2 N–H and O–H groups in total. The van der Waals surface area contributed by atoms with E-state index in [2.05, 4.69) is 55.6 Å². The predicted octanol–water partition coefficient (Wildman–Crippen LogP) is 3.67. The third-order valence-corrected chi connectivity index (χ3v) is 5.75. The quantitative estimate of drug-likeness (QED) is 0.291. The zero-order valence-corrected chi connectivity index (χ0v) is 19.5. The highest BCUT2D eigenvalue weighted by Gasteiger charge is 2.33. The summed E-state index contributed by atoms with van der Waals surface area (Å²) in [5.41, 5.74) is 1.49. The van der Waals surface area contributed by atoms with E-state index >= 15 is 0 Å². The molecule has 0 heterocycles. The molecule has 1 aromatic carbocycles. The standard InChI is InChI=1S/C24H42N4O2/c1-5-25-23(27-20-24(12-7-8-13-24)14-16-29-6-2)26-19-21-10-9-11-22(18-21)30-17-15-28(3)4/h9-11,18H,5-8,12-17,19-20H2,1-4H3,(H2,25,26,27). The average Bonchev–Trinajstić information content (AvgIpc) is 3.19. The molecule has 170 valence electrons. The number of ether oxygens (including phenoxy) is 2. The van der Waals surface area contributed by atoms with Gasteiger partial charge in [0.05, 0.1) is 6.54 Å². The van der Waals surface area contributed by atoms with Crippen LogP contribution in [0.5, 0.6) is 5.75 Å². The zero-order valence-electron chi connectivity index (χ0n) is 19.5. The molecule has 0 saturated heterocycles. The van der Waals surface area contributed by atoms with Crippen LogP contribution >= 0.6 is 0 Å². The van der Waals surface area contributed by atoms with Crippen LogP contribution in [0.2, 0.25) is 0 Å². The van der Waals surface area contributed by atoms with Gasteiger partial charge in [-0.15, -0.1) is 0 Å². The minimum Gasteiger partial charge on any atom is -0.492 e. The summed E-state index contributed by atoms with van der Waals surface area (Å²) in [6.45, 7) is 9.86. The Morgan fingerprint density at radius 3 is 2.63 bits per heavy atom. The van der Waals surface area contributed by atoms with Gasteiger partial charge in [-0.1, -0.05) is 25.0 Å². The smallest absolute Gasteiger partial charge is 0.191 e. The molecule has 1 saturated carbocycles. The van der Waals surface area contributed by atoms with E-state index < -0.39 is 0 Å². The first-order chi connectivity index (χ1) is 14.6. The number of nitrogens with zero attached hydrogens (tertiary/aromatic N) is 2. The molecular formula is C24H42N4O2. The summed E-state index contributed by atoms with van der Waals surface area (Å²) in [6.07, 6.45) is 6.32. The third kappa shape index (κ3) is 8.92. The second-order valence-corrected chi connectivity index (χ2v) is 8.50. The van der Waals surface area contributed by atoms with Gasteiger partial charge < -0.3 is 25.0 Å². The van der Waals surface area contributed by atoms with Crippen LogP contribution in [-0.4, -0.2) is 64.4 Å². The molecule has 1 aliphatic rings. The van der Waals surface area contributed by atoms with Crippen molar-refractivity contribution in [2.24, 2.45) is 10.4 Å². The van der Waals surface area contributed by atoms with Crippen LogP contribution in [0.25, 0.3) is 0 Å². The normalized spacial score (nSPS) is 16.1. The van der Waals surface area contributed by atoms with Crippen molar-refractivity contribution in [3.05, 3.63) is 29.8 Å². The molecule has 1 aromatic rings. The Morgan fingerprint density at radius 1 is 1.13 bits per heavy atom. The highest BCUT2D eigenvalue weighted by Crippen LogP contribution is 2.40. The Morgan fingerprint density at radius 2 is 1.93 bits per heavy atom. The summed E-state index contributed by atoms with van der Waals surface area (Å²) in [6, 6.07) is 8.24. The number of benzene rings is 1. The fourth-order valence-corrected chi connectivity index (χ4v) is 3.94. The van der Waals surface area contributed by atoms with Crippen molar-refractivity contribution >= 4 is 5.96 Å². The van der Waals surface area contributed by atoms with E-state index in [-0.39, 0.29) is 0 Å². The van der Waals surface area contributed by atoms with Crippen LogP contribution < -0.4 is 15.4 Å². The van der Waals surface area contributed by atoms with E-state index in [0.717, 1.165) is 56.5 Å². The highest BCUT2D eigenvalue weighted by atomic mass is 16.5. The van der Waals surface area contributed by atoms with E-state index in [1.807, 2.05) is 12.1 Å². The van der Waals surface area contributed by atoms with Crippen LogP contribution in [0.1, 0.15) is 51.5 Å². The van der Waals surface area contributed by atoms with Crippen molar-refractivity contribution in [3.8, 4) is 5.75 Å². The van der Waals surface area contributed by atoms with Crippen molar-refractivity contribution in [3.63, 3.8) is 0 Å². The van der Waals surface area contributed by atoms with Gasteiger partial charge in [-0.05, 0) is 70.3 Å². The lowest BCUT2D eigenvalue weighted by molar-refractivity contribution is 0.105. The molecule has 0 amide bonds. The first-order valence-corrected chi connectivity index (χ1v) is 11.5. The summed E-state index contributed by atoms with van der Waals surface area (Å²) in [5, 5.41) is 7.00. The monoisotopic (exact) mass is 418 g/mol. The van der Waals surface area contributed by atoms with Gasteiger partial charge in [0.15, 0.2) is 5.96 Å². The number of nitrogens with one attached hydrogen (secondary N) is 2. The van der Waals surface area contributed by atoms with Gasteiger partial charge in [0, 0.05) is 32.8 Å². The van der Waals surface area contributed by atoms with Crippen LogP contribution in [0.4, 0.5) is 0 Å². The lowest BCUT2D eigenvalue weighted by atomic mass is 9.83. The maximum absolute atomic E-state index is 5.85. The van der Waals surface area contributed by atoms with Gasteiger partial charge in [-0.25, -0.2) is 4.99 Å². The number of hydrogen-bond acceptors (Lipinski definition) is 4. The summed E-state index contributed by atoms with van der Waals surface area (Å²) in [5.74, 6) is 1.79. The number of hydrogen-bond donors (Lipinski definition) is 2. The second kappa shape index (κ2) is 13.5. The topological polar surface area (TPSA) is 58.1 Å². The fourth-order valence-electron chi connectivity index (χ4n) is 3.94. The van der Waals surface area contributed by atoms with Crippen molar-refractivity contribution in [1.82, 2.24) is 15.5 Å². The lowest BCUT2D eigenvalue weighted by Crippen LogP contribution is -2.43. The first kappa shape index (κ1) is 24.5. The molecule has 0 atom stereocenters. The van der Waals surface area contributed by atoms with Gasteiger partial charge in [0.1, 0.15) is 12.4 Å². The molecule has 30 heavy (non-hydrogen) atoms. The lowest BCUT2D eigenvalue weighted by Gasteiger charge is -2.30. The summed E-state index contributed by atoms with van der Waals surface area (Å²) in [7, 11) is 4.10. The molecule has 1 fully saturated rings. The first-order valence-electron chi connectivity index (χ1n) is 11.5. The highest BCUT2D eigenvalue weighted by molar-refractivity contribution is 5.79. The predicted molar refractivity (Wildman–Crippen MR) is 125 cm³/mol. The van der Waals surface area contributed by atoms with E-state index in [1.54, 1.807) is 0 Å². The molecule has 0 aromatic heterocycles. The summed E-state index contributed by atoms with van der Waals surface area (Å²) < 4.78 is 11.5. The SMILES string of the molecule is CCNC(=NCc1cccc(OCCN(C)C)c1)NCC1(CCOCC)CCCC1. The summed E-state index contributed by atoms with van der Waals surface area (Å²) in [4.78, 5) is 6.94. The maximum Gasteiger partial charge on any atom is 0.191 e. The molecule has 0 radical (unpaired) electrons. The summed E-state index contributed by atoms with van der Waals surface area (Å²) >= 11 is 0. The van der Waals surface area contributed by atoms with E-state index in [4.69, 9.17) is 14.5 Å². The molecule has 0 unspecified atom stereocenters. The number of aliphatic imine (C=N–C) groups is 1. The van der Waals surface area contributed by atoms with Crippen LogP contribution in [-0.2, 0) is 11.3 Å². The van der Waals surface area contributed by atoms with Crippen molar-refractivity contribution in [2.45, 2.75) is 52.5 Å². The van der Waals surface area contributed by atoms with Gasteiger partial charge in [-0.3, -0.25) is 0 Å². The zero-order chi connectivity index (χ0) is 21.7. The Bertz CT molecular complexity index is 627. The number of likely N-dealkylation sites (N-methyl/N-ethyl adjacent to an activating group) is 1. The molecule has 6 heteroatoms. The van der Waals surface area contributed by atoms with Crippen molar-refractivity contribution in [2.75, 3.05) is 53.6 Å². The number of guanidine groups is 1. The van der Waals surface area contributed by atoms with Gasteiger partial charge in [-0.2, -0.15) is 0 Å². The molecule has 0 bridgehead atoms. The van der Waals surface area contributed by atoms with E-state index in [0.29, 0.717) is 18.6 Å². The molecule has 6 nitrogen and oxygen atoms in total. The Balaban J connectivity index is 1.92. The van der Waals surface area contributed by atoms with Crippen molar-refractivity contribution < 1.29 is 9.47 Å². The molecule has 2 rings (SSSR count). The second-order valence-electron chi connectivity index (χ2n) is 8.50. The Kier molecular flexibility index (Phi) is 11.0. The van der Waals surface area contributed by atoms with Gasteiger partial charge in [0.25, 0.3) is 0 Å². The van der Waals surface area contributed by atoms with Gasteiger partial charge in [0.2, 0.25) is 0 Å². The molecule has 1 aliphatic carbocycles. The minimum absolute atomic E-state index is 0.339. The van der Waals surface area contributed by atoms with Crippen molar-refractivity contribution in [1.29, 1.82) is 0 Å². The Labute approximate surface area is 183 Å². The maximum atomic E-state index is 5.85. The third-order valence-electron chi connectivity index (χ3n) is 5.75. The van der Waals surface area contributed by atoms with E-state index in [9.17, 15) is 0 Å². The van der Waals surface area contributed by atoms with Gasteiger partial charge >= 0.3 is 0 Å². The van der Waals surface area contributed by atoms with E-state index in [1.165, 1.54) is 25.7 Å². The fraction of sp³-hybridized carbons (Fsp3) is 0.708. The largest absolute Gasteiger partial charge is 0.492 e. The molecular weight excluding hydrogens is 376 g/mol. The van der Waals surface area contributed by atoms with Crippen LogP contribution in [0.15, 0.2) is 29.3 Å². The average molecular weight is 419 g/mol. The molecule has 0 spiro atoms. The molecule has 0 aliphatic heterocycles. The minimum atomic E-state index is 0.339. The van der Waals surface area contributed by atoms with Crippen LogP contribution in [0.3, 0.4) is 0 Å².